The van der Waals surface area contributed by atoms with E-state index < -0.39 is 0 Å². The van der Waals surface area contributed by atoms with Crippen molar-refractivity contribution in [3.63, 3.8) is 0 Å². The lowest BCUT2D eigenvalue weighted by Crippen LogP contribution is -2.05. The van der Waals surface area contributed by atoms with Gasteiger partial charge >= 0.3 is 0 Å². The Balaban J connectivity index is 1.91. The molecule has 17 heavy (non-hydrogen) atoms. The first kappa shape index (κ1) is 11.7. The van der Waals surface area contributed by atoms with Crippen LogP contribution >= 0.6 is 0 Å². The van der Waals surface area contributed by atoms with E-state index in [4.69, 9.17) is 14.9 Å². The van der Waals surface area contributed by atoms with Gasteiger partial charge in [0.15, 0.2) is 5.58 Å². The molecule has 0 spiro atoms. The first-order valence-corrected chi connectivity index (χ1v) is 5.77. The summed E-state index contributed by atoms with van der Waals surface area (Å²) in [4.78, 5) is 4.29. The topological polar surface area (TPSA) is 73.3 Å². The second kappa shape index (κ2) is 5.54. The van der Waals surface area contributed by atoms with Crippen LogP contribution < -0.4 is 11.1 Å². The van der Waals surface area contributed by atoms with E-state index in [0.717, 1.165) is 37.3 Å². The van der Waals surface area contributed by atoms with Gasteiger partial charge in [-0.05, 0) is 31.5 Å². The Bertz CT molecular complexity index is 482. The number of nitrogens with two attached hydrogens (primary N) is 1. The van der Waals surface area contributed by atoms with Gasteiger partial charge in [-0.1, -0.05) is 0 Å². The van der Waals surface area contributed by atoms with Crippen molar-refractivity contribution in [2.24, 2.45) is 0 Å². The molecule has 5 nitrogen and oxygen atoms in total. The van der Waals surface area contributed by atoms with Crippen LogP contribution in [0.5, 0.6) is 0 Å². The molecular formula is C12H17N3O2. The van der Waals surface area contributed by atoms with Crippen molar-refractivity contribution in [1.82, 2.24) is 4.98 Å². The highest BCUT2D eigenvalue weighted by atomic mass is 16.5. The number of hydrogen-bond acceptors (Lipinski definition) is 5. The van der Waals surface area contributed by atoms with E-state index in [1.54, 1.807) is 12.1 Å². The van der Waals surface area contributed by atoms with Gasteiger partial charge in [0.25, 0.3) is 6.01 Å². The van der Waals surface area contributed by atoms with Gasteiger partial charge < -0.3 is 20.2 Å². The molecule has 0 bridgehead atoms. The van der Waals surface area contributed by atoms with Crippen molar-refractivity contribution in [3.8, 4) is 0 Å². The maximum absolute atomic E-state index is 5.67. The van der Waals surface area contributed by atoms with Crippen LogP contribution in [0.1, 0.15) is 13.3 Å². The van der Waals surface area contributed by atoms with Gasteiger partial charge in [0.05, 0.1) is 0 Å². The lowest BCUT2D eigenvalue weighted by atomic mass is 10.3. The number of benzene rings is 1. The van der Waals surface area contributed by atoms with E-state index in [1.807, 2.05) is 13.0 Å². The number of nitrogens with one attached hydrogen (secondary N) is 1. The molecule has 0 saturated carbocycles. The summed E-state index contributed by atoms with van der Waals surface area (Å²) in [5.41, 5.74) is 7.88. The fraction of sp³-hybridized carbons (Fsp3) is 0.417. The van der Waals surface area contributed by atoms with Crippen LogP contribution in [0.4, 0.5) is 11.7 Å². The predicted octanol–water partition coefficient (Wildman–Crippen LogP) is 2.25. The molecule has 0 aliphatic heterocycles. The molecule has 0 atom stereocenters. The fourth-order valence-electron chi connectivity index (χ4n) is 1.53. The average Bonchev–Trinajstić information content (AvgIpc) is 2.70. The molecule has 0 amide bonds. The summed E-state index contributed by atoms with van der Waals surface area (Å²) in [6.45, 7) is 4.26. The molecule has 1 aromatic heterocycles. The second-order valence-corrected chi connectivity index (χ2v) is 3.72. The summed E-state index contributed by atoms with van der Waals surface area (Å²) < 4.78 is 10.7. The normalized spacial score (nSPS) is 10.9. The summed E-state index contributed by atoms with van der Waals surface area (Å²) in [5.74, 6) is 0. The zero-order valence-electron chi connectivity index (χ0n) is 9.90. The van der Waals surface area contributed by atoms with Crippen molar-refractivity contribution in [2.45, 2.75) is 13.3 Å². The Morgan fingerprint density at radius 2 is 2.35 bits per heavy atom. The molecule has 0 radical (unpaired) electrons. The molecule has 0 unspecified atom stereocenters. The SMILES string of the molecule is CCOCCCNc1nc2cc(N)ccc2o1. The van der Waals surface area contributed by atoms with Crippen molar-refractivity contribution in [1.29, 1.82) is 0 Å². The number of nitrogen functional groups attached to an aromatic ring is 1. The van der Waals surface area contributed by atoms with Crippen molar-refractivity contribution in [2.75, 3.05) is 30.8 Å². The van der Waals surface area contributed by atoms with Crippen molar-refractivity contribution < 1.29 is 9.15 Å². The van der Waals surface area contributed by atoms with Crippen LogP contribution in [-0.4, -0.2) is 24.7 Å². The molecule has 2 rings (SSSR count). The molecule has 0 aliphatic rings. The Hall–Kier alpha value is -1.75. The Labute approximate surface area is 100.0 Å². The maximum atomic E-state index is 5.67. The first-order valence-electron chi connectivity index (χ1n) is 5.77. The minimum atomic E-state index is 0.530. The van der Waals surface area contributed by atoms with E-state index >= 15 is 0 Å². The van der Waals surface area contributed by atoms with Crippen LogP contribution in [0.2, 0.25) is 0 Å². The van der Waals surface area contributed by atoms with Crippen molar-refractivity contribution in [3.05, 3.63) is 18.2 Å². The molecule has 3 N–H and O–H groups in total. The van der Waals surface area contributed by atoms with Crippen molar-refractivity contribution >= 4 is 22.8 Å². The average molecular weight is 235 g/mol. The van der Waals surface area contributed by atoms with Gasteiger partial charge in [-0.2, -0.15) is 4.98 Å². The number of oxazole rings is 1. The number of ether oxygens (including phenoxy) is 1. The van der Waals surface area contributed by atoms with E-state index in [-0.39, 0.29) is 0 Å². The first-order chi connectivity index (χ1) is 8.29. The highest BCUT2D eigenvalue weighted by Crippen LogP contribution is 2.20. The Kier molecular flexibility index (Phi) is 3.82. The molecule has 0 aliphatic carbocycles. The molecule has 0 saturated heterocycles. The fourth-order valence-corrected chi connectivity index (χ4v) is 1.53. The molecule has 92 valence electrons. The summed E-state index contributed by atoms with van der Waals surface area (Å²) in [7, 11) is 0. The Morgan fingerprint density at radius 1 is 1.47 bits per heavy atom. The summed E-state index contributed by atoms with van der Waals surface area (Å²) in [6.07, 6.45) is 0.925. The predicted molar refractivity (Wildman–Crippen MR) is 68.0 cm³/mol. The second-order valence-electron chi connectivity index (χ2n) is 3.72. The minimum Gasteiger partial charge on any atom is -0.424 e. The standard InChI is InChI=1S/C12H17N3O2/c1-2-16-7-3-6-14-12-15-10-8-9(13)4-5-11(10)17-12/h4-5,8H,2-3,6-7,13H2,1H3,(H,14,15). The van der Waals surface area contributed by atoms with Gasteiger partial charge in [-0.15, -0.1) is 0 Å². The number of aromatic nitrogens is 1. The van der Waals surface area contributed by atoms with Crippen LogP contribution in [0.25, 0.3) is 11.1 Å². The number of nitrogens with zero attached hydrogens (tertiary/aromatic N) is 1. The minimum absolute atomic E-state index is 0.530. The molecular weight excluding hydrogens is 218 g/mol. The van der Waals surface area contributed by atoms with Gasteiger partial charge in [-0.3, -0.25) is 0 Å². The highest BCUT2D eigenvalue weighted by Gasteiger charge is 2.04. The monoisotopic (exact) mass is 235 g/mol. The van der Waals surface area contributed by atoms with Crippen LogP contribution in [0.15, 0.2) is 22.6 Å². The summed E-state index contributed by atoms with van der Waals surface area (Å²) in [6, 6.07) is 5.95. The Morgan fingerprint density at radius 3 is 3.18 bits per heavy atom. The molecule has 1 heterocycles. The maximum Gasteiger partial charge on any atom is 0.295 e. The number of fused-ring (bicyclic) bond motifs is 1. The quantitative estimate of drug-likeness (QED) is 0.593. The van der Waals surface area contributed by atoms with Crippen LogP contribution in [0, 0.1) is 0 Å². The summed E-state index contributed by atoms with van der Waals surface area (Å²) >= 11 is 0. The lowest BCUT2D eigenvalue weighted by Gasteiger charge is -2.01. The third kappa shape index (κ3) is 3.10. The van der Waals surface area contributed by atoms with Crippen LogP contribution in [-0.2, 0) is 4.74 Å². The molecule has 5 heteroatoms. The zero-order valence-corrected chi connectivity index (χ0v) is 9.90. The van der Waals surface area contributed by atoms with E-state index in [2.05, 4.69) is 10.3 Å². The van der Waals surface area contributed by atoms with Crippen LogP contribution in [0.3, 0.4) is 0 Å². The smallest absolute Gasteiger partial charge is 0.295 e. The number of rotatable bonds is 6. The molecule has 1 aromatic carbocycles. The van der Waals surface area contributed by atoms with E-state index in [9.17, 15) is 0 Å². The number of anilines is 2. The summed E-state index contributed by atoms with van der Waals surface area (Å²) in [5, 5.41) is 3.11. The van der Waals surface area contributed by atoms with Gasteiger partial charge in [-0.25, -0.2) is 0 Å². The van der Waals surface area contributed by atoms with Gasteiger partial charge in [0, 0.05) is 25.4 Å². The van der Waals surface area contributed by atoms with E-state index in [0.29, 0.717) is 11.7 Å². The lowest BCUT2D eigenvalue weighted by molar-refractivity contribution is 0.147. The zero-order chi connectivity index (χ0) is 12.1. The van der Waals surface area contributed by atoms with E-state index in [1.165, 1.54) is 0 Å². The largest absolute Gasteiger partial charge is 0.424 e. The third-order valence-electron chi connectivity index (χ3n) is 2.36. The van der Waals surface area contributed by atoms with Gasteiger partial charge in [0.2, 0.25) is 0 Å². The number of hydrogen-bond donors (Lipinski definition) is 2. The highest BCUT2D eigenvalue weighted by molar-refractivity contribution is 5.78. The molecule has 0 fully saturated rings. The molecule has 2 aromatic rings. The third-order valence-corrected chi connectivity index (χ3v) is 2.36. The van der Waals surface area contributed by atoms with Gasteiger partial charge in [0.1, 0.15) is 5.52 Å².